The summed E-state index contributed by atoms with van der Waals surface area (Å²) >= 11 is 1.21. The van der Waals surface area contributed by atoms with Crippen molar-refractivity contribution in [2.24, 2.45) is 0 Å². The Bertz CT molecular complexity index is 632. The van der Waals surface area contributed by atoms with E-state index in [0.29, 0.717) is 13.1 Å². The summed E-state index contributed by atoms with van der Waals surface area (Å²) in [5.41, 5.74) is 1.49. The molecular weight excluding hydrogens is 336 g/mol. The van der Waals surface area contributed by atoms with Gasteiger partial charge in [-0.15, -0.1) is 0 Å². The molecule has 0 aliphatic carbocycles. The molecule has 2 amide bonds. The highest BCUT2D eigenvalue weighted by molar-refractivity contribution is 7.96. The zero-order valence-electron chi connectivity index (χ0n) is 14.7. The number of hydrogen-bond acceptors (Lipinski definition) is 5. The normalized spacial score (nSPS) is 18.9. The van der Waals surface area contributed by atoms with E-state index in [2.05, 4.69) is 21.9 Å². The van der Waals surface area contributed by atoms with Gasteiger partial charge in [-0.2, -0.15) is 0 Å². The molecule has 0 saturated carbocycles. The number of benzene rings is 1. The number of anilines is 1. The molecule has 0 atom stereocenters. The summed E-state index contributed by atoms with van der Waals surface area (Å²) < 4.78 is 3.27. The topological polar surface area (TPSA) is 47.1 Å². The van der Waals surface area contributed by atoms with E-state index in [1.807, 2.05) is 32.0 Å². The van der Waals surface area contributed by atoms with E-state index < -0.39 is 0 Å². The van der Waals surface area contributed by atoms with Gasteiger partial charge in [0, 0.05) is 51.2 Å². The third-order valence-corrected chi connectivity index (χ3v) is 5.67. The van der Waals surface area contributed by atoms with Crippen molar-refractivity contribution in [2.75, 3.05) is 44.2 Å². The van der Waals surface area contributed by atoms with Crippen LogP contribution in [0, 0.1) is 0 Å². The van der Waals surface area contributed by atoms with E-state index in [9.17, 15) is 9.59 Å². The molecule has 2 fully saturated rings. The van der Waals surface area contributed by atoms with Gasteiger partial charge in [0.15, 0.2) is 0 Å². The molecule has 0 N–H and O–H groups in total. The van der Waals surface area contributed by atoms with Gasteiger partial charge in [-0.05, 0) is 26.0 Å². The molecule has 0 radical (unpaired) electrons. The van der Waals surface area contributed by atoms with Crippen molar-refractivity contribution in [2.45, 2.75) is 13.8 Å². The van der Waals surface area contributed by atoms with Crippen molar-refractivity contribution >= 4 is 29.6 Å². The van der Waals surface area contributed by atoms with Crippen molar-refractivity contribution in [1.82, 2.24) is 13.5 Å². The van der Waals surface area contributed by atoms with E-state index in [1.54, 1.807) is 14.8 Å². The summed E-state index contributed by atoms with van der Waals surface area (Å²) in [6.07, 6.45) is 1.76. The lowest BCUT2D eigenvalue weighted by Crippen LogP contribution is -2.47. The molecule has 2 saturated heterocycles. The minimum absolute atomic E-state index is 0.187. The Balaban J connectivity index is 1.70. The highest BCUT2D eigenvalue weighted by Gasteiger charge is 2.35. The number of piperazine rings is 1. The van der Waals surface area contributed by atoms with Gasteiger partial charge in [0.1, 0.15) is 5.57 Å². The number of hydrogen-bond donors (Lipinski definition) is 0. The zero-order valence-corrected chi connectivity index (χ0v) is 15.5. The second-order valence-electron chi connectivity index (χ2n) is 5.98. The monoisotopic (exact) mass is 360 g/mol. The fourth-order valence-corrected chi connectivity index (χ4v) is 3.81. The minimum Gasteiger partial charge on any atom is -0.373 e. The van der Waals surface area contributed by atoms with Crippen molar-refractivity contribution in [1.29, 1.82) is 0 Å². The van der Waals surface area contributed by atoms with E-state index in [1.165, 1.54) is 17.8 Å². The number of nitrogens with zero attached hydrogens (tertiary/aromatic N) is 4. The largest absolute Gasteiger partial charge is 0.373 e. The Morgan fingerprint density at radius 1 is 0.920 bits per heavy atom. The van der Waals surface area contributed by atoms with E-state index in [-0.39, 0.29) is 17.4 Å². The number of carbonyl (C=O) groups excluding carboxylic acids is 2. The molecule has 2 aliphatic heterocycles. The van der Waals surface area contributed by atoms with Crippen LogP contribution in [0.25, 0.3) is 0 Å². The van der Waals surface area contributed by atoms with Gasteiger partial charge in [0.25, 0.3) is 11.8 Å². The standard InChI is InChI=1S/C18H24N4O2S/c1-3-21-17(23)16(18(24)22(4-2)25-21)14-19-10-12-20(13-11-19)15-8-6-5-7-9-15/h5-9,14H,3-4,10-13H2,1-2H3. The van der Waals surface area contributed by atoms with E-state index in [0.717, 1.165) is 26.2 Å². The average Bonchev–Trinajstić information content (AvgIpc) is 2.66. The first-order valence-corrected chi connectivity index (χ1v) is 9.44. The maximum Gasteiger partial charge on any atom is 0.272 e. The smallest absolute Gasteiger partial charge is 0.272 e. The molecule has 0 spiro atoms. The lowest BCUT2D eigenvalue weighted by atomic mass is 10.2. The lowest BCUT2D eigenvalue weighted by molar-refractivity contribution is -0.130. The molecule has 0 unspecified atom stereocenters. The molecule has 2 aliphatic rings. The van der Waals surface area contributed by atoms with Crippen molar-refractivity contribution in [3.63, 3.8) is 0 Å². The minimum atomic E-state index is -0.187. The highest BCUT2D eigenvalue weighted by Crippen LogP contribution is 2.27. The zero-order chi connectivity index (χ0) is 17.8. The first-order chi connectivity index (χ1) is 12.1. The van der Waals surface area contributed by atoms with Crippen LogP contribution in [0.4, 0.5) is 5.69 Å². The summed E-state index contributed by atoms with van der Waals surface area (Å²) in [7, 11) is 0. The second-order valence-corrected chi connectivity index (χ2v) is 7.03. The molecule has 1 aromatic carbocycles. The Hall–Kier alpha value is -2.15. The summed E-state index contributed by atoms with van der Waals surface area (Å²) in [6.45, 7) is 8.34. The maximum absolute atomic E-state index is 12.5. The van der Waals surface area contributed by atoms with Gasteiger partial charge in [-0.25, -0.2) is 0 Å². The van der Waals surface area contributed by atoms with Crippen LogP contribution in [0.15, 0.2) is 42.1 Å². The van der Waals surface area contributed by atoms with Crippen LogP contribution in [-0.2, 0) is 9.59 Å². The second kappa shape index (κ2) is 7.82. The molecule has 134 valence electrons. The molecule has 25 heavy (non-hydrogen) atoms. The summed E-state index contributed by atoms with van der Waals surface area (Å²) in [5.74, 6) is -0.375. The number of likely N-dealkylation sites (N-methyl/N-ethyl adjacent to an activating group) is 2. The van der Waals surface area contributed by atoms with Gasteiger partial charge >= 0.3 is 0 Å². The van der Waals surface area contributed by atoms with E-state index >= 15 is 0 Å². The lowest BCUT2D eigenvalue weighted by Gasteiger charge is -2.37. The third kappa shape index (κ3) is 3.76. The molecule has 7 heteroatoms. The van der Waals surface area contributed by atoms with Gasteiger partial charge < -0.3 is 9.80 Å². The van der Waals surface area contributed by atoms with E-state index in [4.69, 9.17) is 0 Å². The Kier molecular flexibility index (Phi) is 5.53. The number of carbonyl (C=O) groups is 2. The third-order valence-electron chi connectivity index (χ3n) is 4.43. The van der Waals surface area contributed by atoms with Crippen LogP contribution < -0.4 is 4.90 Å². The quantitative estimate of drug-likeness (QED) is 0.467. The Morgan fingerprint density at radius 2 is 1.48 bits per heavy atom. The van der Waals surface area contributed by atoms with Gasteiger partial charge in [-0.1, -0.05) is 18.2 Å². The summed E-state index contributed by atoms with van der Waals surface area (Å²) in [5, 5.41) is 0. The average molecular weight is 360 g/mol. The van der Waals surface area contributed by atoms with Crippen molar-refractivity contribution < 1.29 is 9.59 Å². The number of amides is 2. The fraction of sp³-hybridized carbons (Fsp3) is 0.444. The molecule has 0 bridgehead atoms. The van der Waals surface area contributed by atoms with Crippen LogP contribution >= 0.6 is 12.1 Å². The van der Waals surface area contributed by atoms with Crippen LogP contribution in [-0.4, -0.2) is 64.6 Å². The first-order valence-electron chi connectivity index (χ1n) is 8.71. The van der Waals surface area contributed by atoms with Crippen LogP contribution in [0.2, 0.25) is 0 Å². The number of para-hydroxylation sites is 1. The number of rotatable bonds is 4. The van der Waals surface area contributed by atoms with Crippen LogP contribution in [0.1, 0.15) is 13.8 Å². The summed E-state index contributed by atoms with van der Waals surface area (Å²) in [6, 6.07) is 10.3. The predicted molar refractivity (Wildman–Crippen MR) is 101 cm³/mol. The molecule has 0 aromatic heterocycles. The fourth-order valence-electron chi connectivity index (χ4n) is 3.00. The van der Waals surface area contributed by atoms with Gasteiger partial charge in [0.2, 0.25) is 0 Å². The Labute approximate surface area is 153 Å². The van der Waals surface area contributed by atoms with Crippen molar-refractivity contribution in [3.05, 3.63) is 42.1 Å². The molecule has 6 nitrogen and oxygen atoms in total. The van der Waals surface area contributed by atoms with Crippen molar-refractivity contribution in [3.8, 4) is 0 Å². The molecule has 3 rings (SSSR count). The SMILES string of the molecule is CCN1SN(CC)C(=O)C(=CN2CCN(c3ccccc3)CC2)C1=O. The molecule has 2 heterocycles. The predicted octanol–water partition coefficient (Wildman–Crippen LogP) is 1.97. The first kappa shape index (κ1) is 17.7. The van der Waals surface area contributed by atoms with Gasteiger partial charge in [-0.3, -0.25) is 18.2 Å². The molecular formula is C18H24N4O2S. The summed E-state index contributed by atoms with van der Waals surface area (Å²) in [4.78, 5) is 29.5. The highest BCUT2D eigenvalue weighted by atomic mass is 32.2. The maximum atomic E-state index is 12.5. The van der Waals surface area contributed by atoms with Crippen LogP contribution in [0.3, 0.4) is 0 Å². The van der Waals surface area contributed by atoms with Gasteiger partial charge in [0.05, 0.1) is 12.1 Å². The molecule has 1 aromatic rings. The van der Waals surface area contributed by atoms with Crippen LogP contribution in [0.5, 0.6) is 0 Å². The Morgan fingerprint density at radius 3 is 2.00 bits per heavy atom.